The summed E-state index contributed by atoms with van der Waals surface area (Å²) in [6.07, 6.45) is 0. The second-order valence-corrected chi connectivity index (χ2v) is 6.12. The summed E-state index contributed by atoms with van der Waals surface area (Å²) in [6.45, 7) is 2.28. The second kappa shape index (κ2) is 4.27. The number of fused-ring (bicyclic) bond motifs is 5. The van der Waals surface area contributed by atoms with E-state index in [-0.39, 0.29) is 0 Å². The van der Waals surface area contributed by atoms with E-state index in [1.54, 1.807) is 0 Å². The first-order chi connectivity index (χ1) is 9.75. The monoisotopic (exact) mass is 264 g/mol. The lowest BCUT2D eigenvalue weighted by molar-refractivity contribution is 0.435. The topological polar surface area (TPSA) is 6.48 Å². The largest absolute Gasteiger partial charge is 0.374 e. The number of nitrogens with zero attached hydrogens (tertiary/aromatic N) is 2. The maximum atomic E-state index is 2.41. The smallest absolute Gasteiger partial charge is 0.0402 e. The molecule has 0 saturated heterocycles. The van der Waals surface area contributed by atoms with Crippen molar-refractivity contribution in [3.05, 3.63) is 59.7 Å². The van der Waals surface area contributed by atoms with E-state index in [4.69, 9.17) is 0 Å². The summed E-state index contributed by atoms with van der Waals surface area (Å²) in [7, 11) is 4.44. The summed E-state index contributed by atoms with van der Waals surface area (Å²) in [5, 5.41) is 0. The van der Waals surface area contributed by atoms with Crippen LogP contribution in [0.15, 0.2) is 48.5 Å². The van der Waals surface area contributed by atoms with Crippen molar-refractivity contribution in [3.63, 3.8) is 0 Å². The first-order valence-electron chi connectivity index (χ1n) is 7.36. The molecular weight excluding hydrogens is 244 g/mol. The highest BCUT2D eigenvalue weighted by Gasteiger charge is 2.38. The van der Waals surface area contributed by atoms with Gasteiger partial charge in [0, 0.05) is 50.4 Å². The van der Waals surface area contributed by atoms with Crippen LogP contribution in [0.1, 0.15) is 17.0 Å². The molecule has 20 heavy (non-hydrogen) atoms. The van der Waals surface area contributed by atoms with Crippen LogP contribution in [0.3, 0.4) is 0 Å². The molecule has 0 N–H and O–H groups in total. The van der Waals surface area contributed by atoms with Crippen molar-refractivity contribution >= 4 is 11.4 Å². The molecular formula is C18H20N2. The Kier molecular flexibility index (Phi) is 2.53. The van der Waals surface area contributed by atoms with Crippen molar-refractivity contribution in [3.8, 4) is 0 Å². The summed E-state index contributed by atoms with van der Waals surface area (Å²) < 4.78 is 0. The lowest BCUT2D eigenvalue weighted by atomic mass is 9.74. The van der Waals surface area contributed by atoms with Crippen molar-refractivity contribution in [2.45, 2.75) is 5.92 Å². The van der Waals surface area contributed by atoms with Gasteiger partial charge in [-0.3, -0.25) is 0 Å². The van der Waals surface area contributed by atoms with Crippen molar-refractivity contribution in [1.82, 2.24) is 0 Å². The van der Waals surface area contributed by atoms with E-state index >= 15 is 0 Å². The SMILES string of the molecule is CN1CC2CN(C)c3ccccc3C2c2ccccc21. The molecule has 0 spiro atoms. The number of benzene rings is 2. The maximum absolute atomic E-state index is 2.41. The van der Waals surface area contributed by atoms with Gasteiger partial charge < -0.3 is 9.80 Å². The lowest BCUT2D eigenvalue weighted by Gasteiger charge is -2.46. The molecule has 0 radical (unpaired) electrons. The molecule has 2 heterocycles. The van der Waals surface area contributed by atoms with Crippen LogP contribution in [-0.2, 0) is 0 Å². The molecule has 102 valence electrons. The molecule has 2 aromatic carbocycles. The molecule has 0 atom stereocenters. The second-order valence-electron chi connectivity index (χ2n) is 6.12. The number of rotatable bonds is 0. The van der Waals surface area contributed by atoms with E-state index in [1.165, 1.54) is 22.5 Å². The highest BCUT2D eigenvalue weighted by Crippen LogP contribution is 2.47. The molecule has 4 rings (SSSR count). The third kappa shape index (κ3) is 1.57. The summed E-state index contributed by atoms with van der Waals surface area (Å²) >= 11 is 0. The average Bonchev–Trinajstić information content (AvgIpc) is 2.47. The minimum atomic E-state index is 0.551. The summed E-state index contributed by atoms with van der Waals surface area (Å²) in [5.41, 5.74) is 5.78. The average molecular weight is 264 g/mol. The molecule has 2 aliphatic heterocycles. The normalized spacial score (nSPS) is 23.9. The molecule has 0 aromatic heterocycles. The van der Waals surface area contributed by atoms with Gasteiger partial charge in [-0.25, -0.2) is 0 Å². The van der Waals surface area contributed by atoms with Gasteiger partial charge in [-0.1, -0.05) is 36.4 Å². The highest BCUT2D eigenvalue weighted by atomic mass is 15.2. The van der Waals surface area contributed by atoms with Gasteiger partial charge in [-0.15, -0.1) is 0 Å². The standard InChI is InChI=1S/C18H20N2/c1-19-11-13-12-20(2)17-10-6-4-8-15(17)18(13)14-7-3-5-9-16(14)19/h3-10,13,18H,11-12H2,1-2H3. The molecule has 2 nitrogen and oxygen atoms in total. The van der Waals surface area contributed by atoms with Gasteiger partial charge >= 0.3 is 0 Å². The summed E-state index contributed by atoms with van der Waals surface area (Å²) in [6, 6.07) is 17.8. The van der Waals surface area contributed by atoms with Gasteiger partial charge in [0.25, 0.3) is 0 Å². The van der Waals surface area contributed by atoms with Gasteiger partial charge in [0.05, 0.1) is 0 Å². The fraction of sp³-hybridized carbons (Fsp3) is 0.333. The Morgan fingerprint density at radius 1 is 0.750 bits per heavy atom. The Hall–Kier alpha value is -1.96. The van der Waals surface area contributed by atoms with Gasteiger partial charge in [0.15, 0.2) is 0 Å². The predicted octanol–water partition coefficient (Wildman–Crippen LogP) is 3.33. The maximum Gasteiger partial charge on any atom is 0.0402 e. The zero-order valence-corrected chi connectivity index (χ0v) is 12.1. The Balaban J connectivity index is 1.93. The number of anilines is 2. The van der Waals surface area contributed by atoms with Crippen LogP contribution in [0.2, 0.25) is 0 Å². The lowest BCUT2D eigenvalue weighted by Crippen LogP contribution is -2.44. The highest BCUT2D eigenvalue weighted by molar-refractivity contribution is 5.66. The zero-order valence-electron chi connectivity index (χ0n) is 12.1. The van der Waals surface area contributed by atoms with Crippen LogP contribution in [-0.4, -0.2) is 27.2 Å². The van der Waals surface area contributed by atoms with Crippen LogP contribution in [0.25, 0.3) is 0 Å². The molecule has 2 aliphatic rings. The number of hydrogen-bond donors (Lipinski definition) is 0. The number of para-hydroxylation sites is 2. The van der Waals surface area contributed by atoms with E-state index in [1.807, 2.05) is 0 Å². The molecule has 0 saturated carbocycles. The van der Waals surface area contributed by atoms with E-state index < -0.39 is 0 Å². The summed E-state index contributed by atoms with van der Waals surface area (Å²) in [4.78, 5) is 4.83. The number of hydrogen-bond acceptors (Lipinski definition) is 2. The fourth-order valence-electron chi connectivity index (χ4n) is 4.04. The van der Waals surface area contributed by atoms with Crippen molar-refractivity contribution in [1.29, 1.82) is 0 Å². The van der Waals surface area contributed by atoms with E-state index in [2.05, 4.69) is 72.4 Å². The van der Waals surface area contributed by atoms with Crippen LogP contribution in [0, 0.1) is 5.92 Å². The zero-order chi connectivity index (χ0) is 13.7. The van der Waals surface area contributed by atoms with Crippen molar-refractivity contribution in [2.24, 2.45) is 5.92 Å². The molecule has 0 unspecified atom stereocenters. The first-order valence-corrected chi connectivity index (χ1v) is 7.36. The molecule has 0 amide bonds. The Morgan fingerprint density at radius 3 is 1.70 bits per heavy atom. The van der Waals surface area contributed by atoms with E-state index in [9.17, 15) is 0 Å². The van der Waals surface area contributed by atoms with Crippen molar-refractivity contribution in [2.75, 3.05) is 37.0 Å². The van der Waals surface area contributed by atoms with Crippen LogP contribution < -0.4 is 9.80 Å². The van der Waals surface area contributed by atoms with Gasteiger partial charge in [0.1, 0.15) is 0 Å². The van der Waals surface area contributed by atoms with Gasteiger partial charge in [-0.05, 0) is 23.3 Å². The third-order valence-corrected chi connectivity index (χ3v) is 4.85. The Labute approximate surface area is 120 Å². The van der Waals surface area contributed by atoms with E-state index in [0.29, 0.717) is 11.8 Å². The predicted molar refractivity (Wildman–Crippen MR) is 84.8 cm³/mol. The van der Waals surface area contributed by atoms with E-state index in [0.717, 1.165) is 13.1 Å². The molecule has 2 aromatic rings. The first kappa shape index (κ1) is 11.8. The van der Waals surface area contributed by atoms with Crippen LogP contribution in [0.4, 0.5) is 11.4 Å². The van der Waals surface area contributed by atoms with Gasteiger partial charge in [0.2, 0.25) is 0 Å². The fourth-order valence-corrected chi connectivity index (χ4v) is 4.04. The molecule has 0 fully saturated rings. The minimum absolute atomic E-state index is 0.551. The summed E-state index contributed by atoms with van der Waals surface area (Å²) in [5.74, 6) is 1.23. The molecule has 0 bridgehead atoms. The van der Waals surface area contributed by atoms with Crippen molar-refractivity contribution < 1.29 is 0 Å². The quantitative estimate of drug-likeness (QED) is 0.720. The third-order valence-electron chi connectivity index (χ3n) is 4.85. The Morgan fingerprint density at radius 2 is 1.20 bits per heavy atom. The van der Waals surface area contributed by atoms with Gasteiger partial charge in [-0.2, -0.15) is 0 Å². The van der Waals surface area contributed by atoms with Crippen LogP contribution >= 0.6 is 0 Å². The minimum Gasteiger partial charge on any atom is -0.374 e. The molecule has 2 heteroatoms. The Bertz CT molecular complexity index is 594. The van der Waals surface area contributed by atoms with Crippen LogP contribution in [0.5, 0.6) is 0 Å². The molecule has 0 aliphatic carbocycles.